The number of nitrogens with one attached hydrogen (secondary N) is 1. The highest BCUT2D eigenvalue weighted by atomic mass is 32.2. The quantitative estimate of drug-likeness (QED) is 0.683. The molecule has 2 heterocycles. The number of benzene rings is 2. The van der Waals surface area contributed by atoms with Crippen LogP contribution >= 0.6 is 11.8 Å². The number of thioether (sulfide) groups is 1. The van der Waals surface area contributed by atoms with E-state index in [-0.39, 0.29) is 12.3 Å². The molecule has 1 aromatic heterocycles. The van der Waals surface area contributed by atoms with E-state index in [1.165, 1.54) is 6.07 Å². The summed E-state index contributed by atoms with van der Waals surface area (Å²) in [6.45, 7) is 0. The van der Waals surface area contributed by atoms with Crippen LogP contribution in [0.25, 0.3) is 22.0 Å². The van der Waals surface area contributed by atoms with E-state index in [1.54, 1.807) is 30.3 Å². The Morgan fingerprint density at radius 1 is 1.04 bits per heavy atom. The van der Waals surface area contributed by atoms with Crippen molar-refractivity contribution in [3.8, 4) is 11.1 Å². The van der Waals surface area contributed by atoms with Gasteiger partial charge in [0.05, 0.1) is 16.3 Å². The first-order chi connectivity index (χ1) is 13.3. The van der Waals surface area contributed by atoms with E-state index in [0.29, 0.717) is 22.2 Å². The number of pyridine rings is 1. The van der Waals surface area contributed by atoms with Crippen LogP contribution in [0, 0.1) is 0 Å². The highest BCUT2D eigenvalue weighted by Gasteiger charge is 2.33. The monoisotopic (exact) mass is 402 g/mol. The number of alkyl halides is 3. The average Bonchev–Trinajstić information content (AvgIpc) is 2.97. The minimum Gasteiger partial charge on any atom is -0.286 e. The standard InChI is InChI=1S/C20H13F3N2O2S/c21-20(22,23)12-6-7-16-15(8-12)14(11-4-2-1-3-5-11)9-13(24-16)10-17-18(26)25-19(27)28-17/h1-9,17H,10H2,(H,25,26,27). The molecule has 1 aliphatic rings. The second kappa shape index (κ2) is 6.94. The van der Waals surface area contributed by atoms with Crippen LogP contribution in [0.5, 0.6) is 0 Å². The van der Waals surface area contributed by atoms with Crippen LogP contribution in [-0.2, 0) is 17.4 Å². The van der Waals surface area contributed by atoms with Gasteiger partial charge in [0.15, 0.2) is 0 Å². The summed E-state index contributed by atoms with van der Waals surface area (Å²) >= 11 is 0.893. The Labute approximate surface area is 162 Å². The molecule has 2 amide bonds. The van der Waals surface area contributed by atoms with Crippen molar-refractivity contribution in [2.45, 2.75) is 17.8 Å². The summed E-state index contributed by atoms with van der Waals surface area (Å²) in [6, 6.07) is 14.1. The molecule has 142 valence electrons. The third kappa shape index (κ3) is 3.60. The molecule has 4 rings (SSSR count). The van der Waals surface area contributed by atoms with Crippen LogP contribution in [0.2, 0.25) is 0 Å². The number of hydrogen-bond donors (Lipinski definition) is 1. The minimum absolute atomic E-state index is 0.207. The van der Waals surface area contributed by atoms with Crippen molar-refractivity contribution in [2.24, 2.45) is 0 Å². The fourth-order valence-electron chi connectivity index (χ4n) is 3.14. The van der Waals surface area contributed by atoms with Gasteiger partial charge in [-0.05, 0) is 35.4 Å². The molecule has 2 aromatic carbocycles. The van der Waals surface area contributed by atoms with Crippen LogP contribution in [-0.4, -0.2) is 21.4 Å². The van der Waals surface area contributed by atoms with Crippen molar-refractivity contribution in [3.63, 3.8) is 0 Å². The maximum atomic E-state index is 13.2. The number of halogens is 3. The summed E-state index contributed by atoms with van der Waals surface area (Å²) in [5, 5.41) is 1.60. The molecular formula is C20H13F3N2O2S. The Morgan fingerprint density at radius 3 is 2.43 bits per heavy atom. The van der Waals surface area contributed by atoms with Gasteiger partial charge in [-0.1, -0.05) is 42.1 Å². The van der Waals surface area contributed by atoms with Gasteiger partial charge in [-0.25, -0.2) is 0 Å². The second-order valence-electron chi connectivity index (χ2n) is 6.34. The molecule has 4 nitrogen and oxygen atoms in total. The van der Waals surface area contributed by atoms with E-state index in [4.69, 9.17) is 0 Å². The fourth-order valence-corrected chi connectivity index (χ4v) is 3.97. The number of carbonyl (C=O) groups is 2. The summed E-state index contributed by atoms with van der Waals surface area (Å²) in [5.74, 6) is -0.384. The van der Waals surface area contributed by atoms with Crippen molar-refractivity contribution in [2.75, 3.05) is 0 Å². The maximum absolute atomic E-state index is 13.2. The van der Waals surface area contributed by atoms with Gasteiger partial charge in [0, 0.05) is 17.5 Å². The highest BCUT2D eigenvalue weighted by Crippen LogP contribution is 2.35. The second-order valence-corrected chi connectivity index (χ2v) is 7.52. The van der Waals surface area contributed by atoms with Gasteiger partial charge in [-0.3, -0.25) is 19.9 Å². The zero-order chi connectivity index (χ0) is 19.9. The number of hydrogen-bond acceptors (Lipinski definition) is 4. The SMILES string of the molecule is O=C1NC(=O)C(Cc2cc(-c3ccccc3)c3cc(C(F)(F)F)ccc3n2)S1. The van der Waals surface area contributed by atoms with Gasteiger partial charge in [0.25, 0.3) is 5.24 Å². The molecule has 1 unspecified atom stereocenters. The Bertz CT molecular complexity index is 1080. The zero-order valence-electron chi connectivity index (χ0n) is 14.3. The van der Waals surface area contributed by atoms with Gasteiger partial charge < -0.3 is 0 Å². The third-order valence-electron chi connectivity index (χ3n) is 4.44. The first-order valence-corrected chi connectivity index (χ1v) is 9.27. The molecule has 0 aliphatic carbocycles. The van der Waals surface area contributed by atoms with Crippen LogP contribution in [0.15, 0.2) is 54.6 Å². The highest BCUT2D eigenvalue weighted by molar-refractivity contribution is 8.15. The molecule has 1 atom stereocenters. The Kier molecular flexibility index (Phi) is 4.58. The van der Waals surface area contributed by atoms with Crippen molar-refractivity contribution >= 4 is 33.8 Å². The summed E-state index contributed by atoms with van der Waals surface area (Å²) in [4.78, 5) is 27.7. The lowest BCUT2D eigenvalue weighted by Gasteiger charge is -2.14. The third-order valence-corrected chi connectivity index (χ3v) is 5.42. The van der Waals surface area contributed by atoms with Gasteiger partial charge in [0.2, 0.25) is 5.91 Å². The van der Waals surface area contributed by atoms with E-state index in [2.05, 4.69) is 10.3 Å². The topological polar surface area (TPSA) is 59.1 Å². The molecule has 0 spiro atoms. The largest absolute Gasteiger partial charge is 0.416 e. The van der Waals surface area contributed by atoms with E-state index < -0.39 is 22.2 Å². The first kappa shape index (κ1) is 18.5. The van der Waals surface area contributed by atoms with Crippen molar-refractivity contribution < 1.29 is 22.8 Å². The molecule has 1 N–H and O–H groups in total. The van der Waals surface area contributed by atoms with Gasteiger partial charge in [0.1, 0.15) is 0 Å². The first-order valence-electron chi connectivity index (χ1n) is 8.39. The zero-order valence-corrected chi connectivity index (χ0v) is 15.1. The van der Waals surface area contributed by atoms with Crippen LogP contribution in [0.1, 0.15) is 11.3 Å². The number of fused-ring (bicyclic) bond motifs is 1. The summed E-state index contributed by atoms with van der Waals surface area (Å²) < 4.78 is 39.5. The van der Waals surface area contributed by atoms with Crippen molar-refractivity contribution in [1.82, 2.24) is 10.3 Å². The van der Waals surface area contributed by atoms with Gasteiger partial charge >= 0.3 is 6.18 Å². The smallest absolute Gasteiger partial charge is 0.286 e. The number of imide groups is 1. The molecule has 3 aromatic rings. The Balaban J connectivity index is 1.85. The normalized spacial score (nSPS) is 17.2. The Morgan fingerprint density at radius 2 is 1.79 bits per heavy atom. The lowest BCUT2D eigenvalue weighted by Crippen LogP contribution is -2.25. The van der Waals surface area contributed by atoms with Crippen LogP contribution in [0.4, 0.5) is 18.0 Å². The molecule has 1 aliphatic heterocycles. The maximum Gasteiger partial charge on any atom is 0.416 e. The fraction of sp³-hybridized carbons (Fsp3) is 0.150. The molecule has 0 saturated carbocycles. The van der Waals surface area contributed by atoms with Crippen molar-refractivity contribution in [3.05, 3.63) is 65.9 Å². The number of nitrogens with zero attached hydrogens (tertiary/aromatic N) is 1. The molecule has 28 heavy (non-hydrogen) atoms. The molecule has 1 fully saturated rings. The molecular weight excluding hydrogens is 389 g/mol. The summed E-state index contributed by atoms with van der Waals surface area (Å²) in [5.41, 5.74) is 1.53. The Hall–Kier alpha value is -2.87. The summed E-state index contributed by atoms with van der Waals surface area (Å²) in [7, 11) is 0. The van der Waals surface area contributed by atoms with E-state index >= 15 is 0 Å². The van der Waals surface area contributed by atoms with E-state index in [0.717, 1.165) is 29.5 Å². The van der Waals surface area contributed by atoms with Crippen LogP contribution < -0.4 is 5.32 Å². The van der Waals surface area contributed by atoms with Gasteiger partial charge in [-0.15, -0.1) is 0 Å². The predicted octanol–water partition coefficient (Wildman–Crippen LogP) is 4.81. The number of carbonyl (C=O) groups excluding carboxylic acids is 2. The molecule has 8 heteroatoms. The molecule has 1 saturated heterocycles. The predicted molar refractivity (Wildman–Crippen MR) is 101 cm³/mol. The van der Waals surface area contributed by atoms with E-state index in [1.807, 2.05) is 6.07 Å². The number of amides is 2. The number of aromatic nitrogens is 1. The lowest BCUT2D eigenvalue weighted by atomic mass is 9.97. The molecule has 0 bridgehead atoms. The van der Waals surface area contributed by atoms with Crippen molar-refractivity contribution in [1.29, 1.82) is 0 Å². The van der Waals surface area contributed by atoms with Gasteiger partial charge in [-0.2, -0.15) is 13.2 Å². The average molecular weight is 402 g/mol. The van der Waals surface area contributed by atoms with Crippen LogP contribution in [0.3, 0.4) is 0 Å². The van der Waals surface area contributed by atoms with E-state index in [9.17, 15) is 22.8 Å². The molecule has 0 radical (unpaired) electrons. The minimum atomic E-state index is -4.46. The number of rotatable bonds is 3. The lowest BCUT2D eigenvalue weighted by molar-refractivity contribution is -0.137. The summed E-state index contributed by atoms with van der Waals surface area (Å²) in [6.07, 6.45) is -4.25.